The molecular formula is C85H93N27O7S4. The summed E-state index contributed by atoms with van der Waals surface area (Å²) in [5.41, 5.74) is 12.2. The summed E-state index contributed by atoms with van der Waals surface area (Å²) >= 11 is 5.70. The lowest BCUT2D eigenvalue weighted by Crippen LogP contribution is -2.44. The van der Waals surface area contributed by atoms with Gasteiger partial charge in [0.15, 0.2) is 23.3 Å². The molecule has 123 heavy (non-hydrogen) atoms. The highest BCUT2D eigenvalue weighted by atomic mass is 32.1. The normalized spacial score (nSPS) is 15.9. The van der Waals surface area contributed by atoms with E-state index in [0.717, 1.165) is 129 Å². The summed E-state index contributed by atoms with van der Waals surface area (Å²) in [6, 6.07) is 29.7. The lowest BCUT2D eigenvalue weighted by atomic mass is 10.1. The van der Waals surface area contributed by atoms with Gasteiger partial charge in [-0.2, -0.15) is 25.0 Å². The van der Waals surface area contributed by atoms with Crippen molar-refractivity contribution in [1.29, 1.82) is 0 Å². The molecule has 3 saturated heterocycles. The Bertz CT molecular complexity index is 5910. The Morgan fingerprint density at radius 2 is 0.789 bits per heavy atom. The minimum absolute atomic E-state index is 0.0422. The molecule has 0 spiro atoms. The van der Waals surface area contributed by atoms with Crippen LogP contribution in [-0.2, 0) is 4.79 Å². The number of aromatic nitrogens is 10. The number of ether oxygens (including phenoxy) is 1. The molecule has 38 heteroatoms. The van der Waals surface area contributed by atoms with Gasteiger partial charge in [0, 0.05) is 136 Å². The maximum Gasteiger partial charge on any atom is 0.270 e. The average molecular weight is 1730 g/mol. The predicted molar refractivity (Wildman–Crippen MR) is 492 cm³/mol. The number of piperidine rings is 2. The number of nitrogens with one attached hydrogen (secondary N) is 5. The molecular weight excluding hydrogens is 1640 g/mol. The number of thiophene rings is 4. The van der Waals surface area contributed by atoms with Gasteiger partial charge < -0.3 is 95.2 Å². The topological polar surface area (TPSA) is 335 Å². The van der Waals surface area contributed by atoms with Crippen LogP contribution in [0.3, 0.4) is 0 Å². The number of anilines is 23. The first kappa shape index (κ1) is 83.4. The van der Waals surface area contributed by atoms with Gasteiger partial charge in [0.25, 0.3) is 23.6 Å². The fourth-order valence-corrected chi connectivity index (χ4v) is 18.8. The van der Waals surface area contributed by atoms with Crippen molar-refractivity contribution >= 4 is 207 Å². The van der Waals surface area contributed by atoms with Gasteiger partial charge >= 0.3 is 0 Å². The summed E-state index contributed by atoms with van der Waals surface area (Å²) in [4.78, 5) is 125. The Morgan fingerprint density at radius 3 is 1.20 bits per heavy atom. The number of benzene rings is 3. The zero-order valence-corrected chi connectivity index (χ0v) is 73.0. The number of likely N-dealkylation sites (N-methyl/N-ethyl adjacent to an activating group) is 1. The van der Waals surface area contributed by atoms with E-state index in [1.165, 1.54) is 57.1 Å². The van der Waals surface area contributed by atoms with E-state index in [0.29, 0.717) is 107 Å². The van der Waals surface area contributed by atoms with Crippen molar-refractivity contribution in [3.8, 4) is 5.75 Å². The lowest BCUT2D eigenvalue weighted by Gasteiger charge is -2.34. The quantitative estimate of drug-likeness (QED) is 0.0551. The molecule has 7 aliphatic heterocycles. The third-order valence-electron chi connectivity index (χ3n) is 22.5. The molecule has 5 amide bonds. The average Bonchev–Trinajstić information content (AvgIpc) is 1.64. The Balaban J connectivity index is 0.000000122. The number of aliphatic hydroxyl groups is 1. The van der Waals surface area contributed by atoms with Crippen molar-refractivity contribution in [1.82, 2.24) is 59.5 Å². The highest BCUT2D eigenvalue weighted by Gasteiger charge is 2.36. The highest BCUT2D eigenvalue weighted by molar-refractivity contribution is 7.14. The number of amides is 5. The number of aliphatic hydroxyl groups excluding tert-OH is 1. The second-order valence-corrected chi connectivity index (χ2v) is 34.0. The first-order chi connectivity index (χ1) is 59.4. The molecule has 0 aliphatic carbocycles. The monoisotopic (exact) mass is 1730 g/mol. The number of carbonyl (C=O) groups excluding carboxylic acids is 5. The summed E-state index contributed by atoms with van der Waals surface area (Å²) in [7, 11) is 20.6. The second-order valence-electron chi connectivity index (χ2n) is 30.3. The third-order valence-corrected chi connectivity index (χ3v) is 26.1. The molecule has 6 N–H and O–H groups in total. The Morgan fingerprint density at radius 1 is 0.423 bits per heavy atom. The van der Waals surface area contributed by atoms with Crippen LogP contribution in [0.1, 0.15) is 70.4 Å². The summed E-state index contributed by atoms with van der Waals surface area (Å²) in [6.45, 7) is 11.5. The van der Waals surface area contributed by atoms with Crippen LogP contribution in [0.15, 0.2) is 162 Å². The van der Waals surface area contributed by atoms with E-state index in [-0.39, 0.29) is 35.6 Å². The Kier molecular flexibility index (Phi) is 24.3. The number of methoxy groups -OCH3 is 1. The number of carbonyl (C=O) groups is 5. The molecule has 16 heterocycles. The van der Waals surface area contributed by atoms with Crippen LogP contribution >= 0.6 is 45.3 Å². The van der Waals surface area contributed by atoms with Gasteiger partial charge in [0.1, 0.15) is 48.0 Å². The molecule has 0 radical (unpaired) electrons. The number of fused-ring (bicyclic) bond motifs is 8. The minimum atomic E-state index is -0.269. The van der Waals surface area contributed by atoms with Gasteiger partial charge in [-0.3, -0.25) is 28.7 Å². The van der Waals surface area contributed by atoms with E-state index in [2.05, 4.69) is 121 Å². The zero-order valence-electron chi connectivity index (χ0n) is 69.7. The van der Waals surface area contributed by atoms with E-state index < -0.39 is 0 Å². The van der Waals surface area contributed by atoms with Gasteiger partial charge in [0.2, 0.25) is 29.7 Å². The fourth-order valence-electron chi connectivity index (χ4n) is 15.2. The second kappa shape index (κ2) is 35.8. The Hall–Kier alpha value is -13.2. The fraction of sp³-hybridized carbons (Fsp3) is 0.294. The van der Waals surface area contributed by atoms with Gasteiger partial charge in [0.05, 0.1) is 84.4 Å². The first-order valence-corrected chi connectivity index (χ1v) is 43.3. The first-order valence-electron chi connectivity index (χ1n) is 39.8. The lowest BCUT2D eigenvalue weighted by molar-refractivity contribution is -0.111. The van der Waals surface area contributed by atoms with Gasteiger partial charge in [-0.25, -0.2) is 19.9 Å². The maximum absolute atomic E-state index is 12.8. The van der Waals surface area contributed by atoms with Crippen LogP contribution in [0.25, 0.3) is 0 Å². The van der Waals surface area contributed by atoms with Crippen molar-refractivity contribution in [2.75, 3.05) is 206 Å². The number of nitrogens with zero attached hydrogens (tertiary/aromatic N) is 22. The molecule has 34 nitrogen and oxygen atoms in total. The van der Waals surface area contributed by atoms with Crippen LogP contribution in [-0.4, -0.2) is 230 Å². The Labute approximate surface area is 727 Å². The molecule has 7 aliphatic rings. The standard InChI is InChI=1S/C23H26N6O3S.C22H25N7OS.C20H24N8OS.C20H18N6O2S/c1-27-17-8-11-33-20(17)22(31)28(2)18-13-24-23(26-21(18)27)25-16-5-4-14(12-19(16)32-3)29-9-6-15(30)7-10-29;1-26-9-11-29(12-10-26)16-6-4-15(5-7-16)24-22-23-14-18-20(25-22)27(2)17-8-13-31-19(17)21(30)28(18)3;1-25-7-4-14(5-8-25)28-12-13(10-22-28)23-20-21-11-16-18(24-20)26(2)15-6-9-30-17(15)19(29)27(16)3;1-4-16(27)22-12-5-7-13(8-6-12)23-20-21-11-15-18(24-20)25(2)14-9-10-29-17(14)19(28)26(15)3/h4-5,8,11-13,15,30H,6-7,9-10H2,1-3H3,(H,24,25,26);4-8,13-14H,9-12H2,1-3H3,(H,23,24,25);6,9-12,14H,4-5,7-8H2,1-3H3,(H,21,23,24);4-11H,1H2,2-3H3,(H,22,27)(H,21,23,24). The molecule has 0 saturated carbocycles. The SMILES string of the molecule is C=CC(=O)Nc1ccc(Nc2ncc3c(n2)N(C)c2ccsc2C(=O)N3C)cc1.CN1CCC(n2cc(Nc3ncc4c(n3)N(C)c3ccsc3C(=O)N4C)cn2)CC1.CN1CCN(c2ccc(Nc3ncc4c(n3)N(C)c3ccsc3C(=O)N4C)cc2)CC1.COc1cc(N2CCC(O)CC2)ccc1Nc1ncc2c(n1)N(C)c1ccsc1C(=O)N2C. The smallest absolute Gasteiger partial charge is 0.270 e. The van der Waals surface area contributed by atoms with Crippen LogP contribution in [0.2, 0.25) is 0 Å². The largest absolute Gasteiger partial charge is 0.494 e. The molecule has 19 rings (SSSR count). The number of hydrogen-bond acceptors (Lipinski definition) is 32. The van der Waals surface area contributed by atoms with Crippen molar-refractivity contribution in [3.63, 3.8) is 0 Å². The molecule has 634 valence electrons. The third kappa shape index (κ3) is 17.4. The van der Waals surface area contributed by atoms with Crippen molar-refractivity contribution in [2.24, 2.45) is 0 Å². The summed E-state index contributed by atoms with van der Waals surface area (Å²) < 4.78 is 7.67. The number of likely N-dealkylation sites (tertiary alicyclic amines) is 1. The summed E-state index contributed by atoms with van der Waals surface area (Å²) in [6.07, 6.45) is 15.2. The van der Waals surface area contributed by atoms with E-state index >= 15 is 0 Å². The van der Waals surface area contributed by atoms with Crippen molar-refractivity contribution in [2.45, 2.75) is 37.8 Å². The zero-order chi connectivity index (χ0) is 86.0. The van der Waals surface area contributed by atoms with Gasteiger partial charge in [-0.05, 0) is 165 Å². The van der Waals surface area contributed by atoms with Crippen LogP contribution in [0.5, 0.6) is 5.75 Å². The molecule has 3 aromatic carbocycles. The van der Waals surface area contributed by atoms with Crippen molar-refractivity contribution in [3.05, 3.63) is 182 Å². The van der Waals surface area contributed by atoms with E-state index in [1.807, 2.05) is 141 Å². The van der Waals surface area contributed by atoms with Gasteiger partial charge in [-0.15, -0.1) is 45.3 Å². The number of rotatable bonds is 14. The summed E-state index contributed by atoms with van der Waals surface area (Å²) in [5.74, 6) is 4.60. The maximum atomic E-state index is 12.8. The van der Waals surface area contributed by atoms with E-state index in [4.69, 9.17) is 19.7 Å². The highest BCUT2D eigenvalue weighted by Crippen LogP contribution is 2.46. The van der Waals surface area contributed by atoms with Crippen LogP contribution in [0.4, 0.5) is 132 Å². The van der Waals surface area contributed by atoms with Crippen LogP contribution in [0, 0.1) is 0 Å². The van der Waals surface area contributed by atoms with Crippen molar-refractivity contribution < 1.29 is 33.8 Å². The molecule has 0 unspecified atom stereocenters. The molecule has 0 atom stereocenters. The van der Waals surface area contributed by atoms with Crippen LogP contribution < -0.4 is 80.3 Å². The van der Waals surface area contributed by atoms with E-state index in [9.17, 15) is 29.1 Å². The van der Waals surface area contributed by atoms with E-state index in [1.54, 1.807) is 91.8 Å². The predicted octanol–water partition coefficient (Wildman–Crippen LogP) is 13.9. The summed E-state index contributed by atoms with van der Waals surface area (Å²) in [5, 5.41) is 37.6. The number of hydrogen-bond donors (Lipinski definition) is 6. The van der Waals surface area contributed by atoms with Gasteiger partial charge in [-0.1, -0.05) is 6.58 Å². The number of piperazine rings is 1. The molecule has 9 aromatic heterocycles. The molecule has 3 fully saturated rings. The minimum Gasteiger partial charge on any atom is -0.494 e. The molecule has 0 bridgehead atoms. The molecule has 12 aromatic rings.